The van der Waals surface area contributed by atoms with Crippen LogP contribution in [-0.4, -0.2) is 50.3 Å². The quantitative estimate of drug-likeness (QED) is 0.271. The smallest absolute Gasteiger partial charge is 0.352 e. The van der Waals surface area contributed by atoms with E-state index in [9.17, 15) is 31.2 Å². The van der Waals surface area contributed by atoms with Gasteiger partial charge in [0.25, 0.3) is 10.0 Å². The van der Waals surface area contributed by atoms with Gasteiger partial charge in [-0.25, -0.2) is 8.42 Å². The largest absolute Gasteiger partial charge is 0.416 e. The SMILES string of the molecule is CC[C@@H](C(=O)NC(C)C)N(CCc1ccccc1)C(=O)CN(c1cc(C(F)(F)F)ccc1Cl)S(=O)(=O)c1ccccc1. The van der Waals surface area contributed by atoms with E-state index in [1.54, 1.807) is 26.8 Å². The topological polar surface area (TPSA) is 86.8 Å². The summed E-state index contributed by atoms with van der Waals surface area (Å²) in [4.78, 5) is 28.2. The van der Waals surface area contributed by atoms with Crippen LogP contribution in [0.3, 0.4) is 0 Å². The molecule has 0 aliphatic carbocycles. The fourth-order valence-electron chi connectivity index (χ4n) is 4.39. The summed E-state index contributed by atoms with van der Waals surface area (Å²) in [5.74, 6) is -1.20. The van der Waals surface area contributed by atoms with E-state index in [-0.39, 0.29) is 28.9 Å². The van der Waals surface area contributed by atoms with Crippen LogP contribution < -0.4 is 9.62 Å². The third kappa shape index (κ3) is 8.25. The molecular weight excluding hydrogens is 591 g/mol. The van der Waals surface area contributed by atoms with Crippen molar-refractivity contribution in [3.05, 3.63) is 95.0 Å². The van der Waals surface area contributed by atoms with Gasteiger partial charge in [-0.2, -0.15) is 13.2 Å². The zero-order chi connectivity index (χ0) is 31.1. The third-order valence-electron chi connectivity index (χ3n) is 6.45. The number of carbonyl (C=O) groups is 2. The first-order chi connectivity index (χ1) is 19.8. The summed E-state index contributed by atoms with van der Waals surface area (Å²) in [6.45, 7) is 4.42. The Hall–Kier alpha value is -3.57. The molecule has 3 aromatic rings. The van der Waals surface area contributed by atoms with Crippen LogP contribution in [0.5, 0.6) is 0 Å². The van der Waals surface area contributed by atoms with Crippen molar-refractivity contribution in [2.75, 3.05) is 17.4 Å². The number of rotatable bonds is 12. The van der Waals surface area contributed by atoms with Crippen molar-refractivity contribution in [3.63, 3.8) is 0 Å². The summed E-state index contributed by atoms with van der Waals surface area (Å²) in [6, 6.07) is 17.3. The van der Waals surface area contributed by atoms with Crippen LogP contribution in [0.1, 0.15) is 38.3 Å². The predicted molar refractivity (Wildman–Crippen MR) is 157 cm³/mol. The molecule has 0 radical (unpaired) electrons. The molecule has 2 amide bonds. The molecule has 0 saturated carbocycles. The molecule has 0 aliphatic heterocycles. The van der Waals surface area contributed by atoms with Crippen LogP contribution >= 0.6 is 11.6 Å². The molecule has 226 valence electrons. The number of carbonyl (C=O) groups excluding carboxylic acids is 2. The third-order valence-corrected chi connectivity index (χ3v) is 8.55. The molecule has 42 heavy (non-hydrogen) atoms. The molecule has 7 nitrogen and oxygen atoms in total. The Bertz CT molecular complexity index is 1470. The van der Waals surface area contributed by atoms with Gasteiger partial charge in [0.1, 0.15) is 12.6 Å². The highest BCUT2D eigenvalue weighted by Gasteiger charge is 2.36. The van der Waals surface area contributed by atoms with E-state index in [0.29, 0.717) is 16.8 Å². The number of hydrogen-bond acceptors (Lipinski definition) is 4. The van der Waals surface area contributed by atoms with E-state index in [1.165, 1.54) is 29.2 Å². The lowest BCUT2D eigenvalue weighted by Gasteiger charge is -2.34. The predicted octanol–water partition coefficient (Wildman–Crippen LogP) is 5.93. The van der Waals surface area contributed by atoms with Crippen LogP contribution in [0.4, 0.5) is 18.9 Å². The molecule has 0 aromatic heterocycles. The lowest BCUT2D eigenvalue weighted by atomic mass is 10.1. The minimum Gasteiger partial charge on any atom is -0.352 e. The second kappa shape index (κ2) is 14.1. The van der Waals surface area contributed by atoms with Gasteiger partial charge in [-0.15, -0.1) is 0 Å². The second-order valence-corrected chi connectivity index (χ2v) is 12.2. The van der Waals surface area contributed by atoms with Crippen molar-refractivity contribution in [1.82, 2.24) is 10.2 Å². The van der Waals surface area contributed by atoms with E-state index in [4.69, 9.17) is 11.6 Å². The number of anilines is 1. The van der Waals surface area contributed by atoms with Crippen LogP contribution in [0.2, 0.25) is 5.02 Å². The van der Waals surface area contributed by atoms with E-state index in [1.807, 2.05) is 30.3 Å². The van der Waals surface area contributed by atoms with Crippen LogP contribution in [-0.2, 0) is 32.2 Å². The van der Waals surface area contributed by atoms with Crippen molar-refractivity contribution < 1.29 is 31.2 Å². The summed E-state index contributed by atoms with van der Waals surface area (Å²) >= 11 is 6.27. The first kappa shape index (κ1) is 32.9. The monoisotopic (exact) mass is 623 g/mol. The minimum atomic E-state index is -4.80. The van der Waals surface area contributed by atoms with Gasteiger partial charge in [-0.1, -0.05) is 67.1 Å². The summed E-state index contributed by atoms with van der Waals surface area (Å²) < 4.78 is 69.2. The van der Waals surface area contributed by atoms with Crippen LogP contribution in [0.15, 0.2) is 83.8 Å². The summed E-state index contributed by atoms with van der Waals surface area (Å²) in [6.07, 6.45) is -4.22. The van der Waals surface area contributed by atoms with Crippen molar-refractivity contribution in [2.24, 2.45) is 0 Å². The van der Waals surface area contributed by atoms with E-state index in [2.05, 4.69) is 5.32 Å². The Morgan fingerprint density at radius 3 is 2.10 bits per heavy atom. The highest BCUT2D eigenvalue weighted by molar-refractivity contribution is 7.92. The van der Waals surface area contributed by atoms with Gasteiger partial charge in [-0.05, 0) is 62.6 Å². The fourth-order valence-corrected chi connectivity index (χ4v) is 6.11. The number of nitrogens with one attached hydrogen (secondary N) is 1. The van der Waals surface area contributed by atoms with Crippen LogP contribution in [0.25, 0.3) is 0 Å². The van der Waals surface area contributed by atoms with E-state index in [0.717, 1.165) is 17.7 Å². The molecule has 1 N–H and O–H groups in total. The van der Waals surface area contributed by atoms with Gasteiger partial charge in [0, 0.05) is 12.6 Å². The number of amides is 2. The number of benzene rings is 3. The Balaban J connectivity index is 2.10. The molecule has 3 rings (SSSR count). The first-order valence-corrected chi connectivity index (χ1v) is 15.2. The Morgan fingerprint density at radius 1 is 0.952 bits per heavy atom. The molecule has 0 aliphatic rings. The summed E-state index contributed by atoms with van der Waals surface area (Å²) in [5.41, 5.74) is -0.762. The lowest BCUT2D eigenvalue weighted by molar-refractivity contribution is -0.139. The summed E-state index contributed by atoms with van der Waals surface area (Å²) in [5, 5.41) is 2.50. The maximum Gasteiger partial charge on any atom is 0.416 e. The molecule has 0 fully saturated rings. The molecule has 3 aromatic carbocycles. The zero-order valence-electron chi connectivity index (χ0n) is 23.4. The molecule has 0 unspecified atom stereocenters. The van der Waals surface area contributed by atoms with Gasteiger partial charge in [0.15, 0.2) is 0 Å². The average molecular weight is 624 g/mol. The van der Waals surface area contributed by atoms with Gasteiger partial charge in [0.2, 0.25) is 11.8 Å². The maximum atomic E-state index is 14.0. The summed E-state index contributed by atoms with van der Waals surface area (Å²) in [7, 11) is -4.57. The van der Waals surface area contributed by atoms with Gasteiger partial charge in [0.05, 0.1) is 21.2 Å². The number of sulfonamides is 1. The molecule has 0 saturated heterocycles. The molecule has 0 bridgehead atoms. The standard InChI is InChI=1S/C30H33ClF3N3O4S/c1-4-26(29(39)35-21(2)3)36(18-17-22-11-7-5-8-12-22)28(38)20-37(42(40,41)24-13-9-6-10-14-24)27-19-23(30(32,33)34)15-16-25(27)31/h5-16,19,21,26H,4,17-18,20H2,1-3H3,(H,35,39)/t26-/m0/s1. The van der Waals surface area contributed by atoms with Crippen molar-refractivity contribution >= 4 is 39.1 Å². The highest BCUT2D eigenvalue weighted by Crippen LogP contribution is 2.37. The minimum absolute atomic E-state index is 0.0580. The number of hydrogen-bond donors (Lipinski definition) is 1. The van der Waals surface area contributed by atoms with Gasteiger partial charge in [-0.3, -0.25) is 13.9 Å². The number of halogens is 4. The zero-order valence-corrected chi connectivity index (χ0v) is 25.0. The second-order valence-electron chi connectivity index (χ2n) is 9.90. The number of alkyl halides is 3. The molecule has 0 heterocycles. The Labute approximate surface area is 249 Å². The average Bonchev–Trinajstić information content (AvgIpc) is 2.94. The fraction of sp³-hybridized carbons (Fsp3) is 0.333. The van der Waals surface area contributed by atoms with Crippen molar-refractivity contribution in [3.8, 4) is 0 Å². The first-order valence-electron chi connectivity index (χ1n) is 13.3. The van der Waals surface area contributed by atoms with Crippen LogP contribution in [0, 0.1) is 0 Å². The molecular formula is C30H33ClF3N3O4S. The van der Waals surface area contributed by atoms with E-state index >= 15 is 0 Å². The van der Waals surface area contributed by atoms with Crippen molar-refractivity contribution in [2.45, 2.75) is 56.8 Å². The number of nitrogens with zero attached hydrogens (tertiary/aromatic N) is 2. The van der Waals surface area contributed by atoms with Gasteiger partial charge >= 0.3 is 6.18 Å². The highest BCUT2D eigenvalue weighted by atomic mass is 35.5. The molecule has 1 atom stereocenters. The van der Waals surface area contributed by atoms with E-state index < -0.39 is 51.9 Å². The Kier molecular flexibility index (Phi) is 11.0. The molecule has 12 heteroatoms. The lowest BCUT2D eigenvalue weighted by Crippen LogP contribution is -2.54. The normalized spacial score (nSPS) is 12.6. The van der Waals surface area contributed by atoms with Gasteiger partial charge < -0.3 is 10.2 Å². The molecule has 0 spiro atoms. The van der Waals surface area contributed by atoms with Crippen molar-refractivity contribution in [1.29, 1.82) is 0 Å². The Morgan fingerprint density at radius 2 is 1.55 bits per heavy atom. The maximum absolute atomic E-state index is 14.0.